The topological polar surface area (TPSA) is 12.0 Å². The summed E-state index contributed by atoms with van der Waals surface area (Å²) in [5.41, 5.74) is 1.35. The van der Waals surface area contributed by atoms with Crippen LogP contribution in [0.1, 0.15) is 18.5 Å². The van der Waals surface area contributed by atoms with E-state index in [1.54, 1.807) is 0 Å². The molecule has 0 aliphatic rings. The van der Waals surface area contributed by atoms with Gasteiger partial charge in [0.1, 0.15) is 0 Å². The number of hydrogen-bond donors (Lipinski definition) is 1. The van der Waals surface area contributed by atoms with E-state index in [-0.39, 0.29) is 0 Å². The lowest BCUT2D eigenvalue weighted by atomic mass is 10.1. The van der Waals surface area contributed by atoms with Crippen molar-refractivity contribution < 1.29 is 0 Å². The Bertz CT molecular complexity index is 235. The quantitative estimate of drug-likeness (QED) is 0.807. The first-order chi connectivity index (χ1) is 5.24. The fourth-order valence-electron chi connectivity index (χ4n) is 0.943. The van der Waals surface area contributed by atoms with Crippen molar-refractivity contribution in [3.8, 4) is 0 Å². The predicted molar refractivity (Wildman–Crippen MR) is 56.6 cm³/mol. The van der Waals surface area contributed by atoms with Crippen molar-refractivity contribution in [3.05, 3.63) is 33.4 Å². The first-order valence-electron chi connectivity index (χ1n) is 3.67. The number of nitrogens with one attached hydrogen (secondary N) is 1. The normalized spacial score (nSPS) is 13.0. The van der Waals surface area contributed by atoms with Crippen molar-refractivity contribution in [2.75, 3.05) is 7.05 Å². The second-order valence-corrected chi connectivity index (χ2v) is 3.81. The Labute approximate surface area is 81.3 Å². The smallest absolute Gasteiger partial charge is 0.0289 e. The van der Waals surface area contributed by atoms with Gasteiger partial charge in [-0.2, -0.15) is 0 Å². The van der Waals surface area contributed by atoms with Gasteiger partial charge < -0.3 is 5.32 Å². The molecule has 1 unspecified atom stereocenters. The van der Waals surface area contributed by atoms with Crippen molar-refractivity contribution in [1.82, 2.24) is 5.32 Å². The molecular formula is C9H12IN. The Hall–Kier alpha value is -0.0900. The minimum Gasteiger partial charge on any atom is -0.313 e. The fourth-order valence-corrected chi connectivity index (χ4v) is 1.51. The molecule has 0 radical (unpaired) electrons. The molecule has 2 heteroatoms. The standard InChI is InChI=1S/C9H12IN/c1-7(11-2)8-4-3-5-9(10)6-8/h3-7,11H,1-2H3. The first-order valence-corrected chi connectivity index (χ1v) is 4.74. The molecule has 1 aromatic rings. The van der Waals surface area contributed by atoms with Gasteiger partial charge in [-0.15, -0.1) is 0 Å². The summed E-state index contributed by atoms with van der Waals surface area (Å²) in [7, 11) is 1.98. The van der Waals surface area contributed by atoms with Gasteiger partial charge in [0.2, 0.25) is 0 Å². The van der Waals surface area contributed by atoms with E-state index in [0.29, 0.717) is 6.04 Å². The Balaban J connectivity index is 2.86. The Kier molecular flexibility index (Phi) is 3.33. The van der Waals surface area contributed by atoms with E-state index in [1.165, 1.54) is 9.13 Å². The highest BCUT2D eigenvalue weighted by molar-refractivity contribution is 14.1. The van der Waals surface area contributed by atoms with Gasteiger partial charge in [0.05, 0.1) is 0 Å². The summed E-state index contributed by atoms with van der Waals surface area (Å²) < 4.78 is 1.29. The van der Waals surface area contributed by atoms with E-state index in [9.17, 15) is 0 Å². The minimum atomic E-state index is 0.449. The average molecular weight is 261 g/mol. The van der Waals surface area contributed by atoms with Gasteiger partial charge in [0.25, 0.3) is 0 Å². The van der Waals surface area contributed by atoms with Crippen molar-refractivity contribution in [2.24, 2.45) is 0 Å². The largest absolute Gasteiger partial charge is 0.313 e. The molecule has 0 spiro atoms. The lowest BCUT2D eigenvalue weighted by Crippen LogP contribution is -2.12. The van der Waals surface area contributed by atoms with Crippen molar-refractivity contribution >= 4 is 22.6 Å². The average Bonchev–Trinajstić information content (AvgIpc) is 2.03. The van der Waals surface area contributed by atoms with Crippen LogP contribution in [-0.2, 0) is 0 Å². The highest BCUT2D eigenvalue weighted by atomic mass is 127. The maximum atomic E-state index is 3.21. The minimum absolute atomic E-state index is 0.449. The zero-order chi connectivity index (χ0) is 8.27. The van der Waals surface area contributed by atoms with Crippen LogP contribution in [0, 0.1) is 3.57 Å². The van der Waals surface area contributed by atoms with Crippen LogP contribution in [0.2, 0.25) is 0 Å². The molecule has 0 aliphatic carbocycles. The Morgan fingerprint density at radius 1 is 1.45 bits per heavy atom. The molecule has 1 atom stereocenters. The third kappa shape index (κ3) is 2.45. The second-order valence-electron chi connectivity index (χ2n) is 2.57. The summed E-state index contributed by atoms with van der Waals surface area (Å²) >= 11 is 2.33. The van der Waals surface area contributed by atoms with Crippen molar-refractivity contribution in [3.63, 3.8) is 0 Å². The lowest BCUT2D eigenvalue weighted by molar-refractivity contribution is 0.652. The zero-order valence-corrected chi connectivity index (χ0v) is 8.92. The molecule has 0 saturated heterocycles. The molecular weight excluding hydrogens is 249 g/mol. The third-order valence-corrected chi connectivity index (χ3v) is 2.45. The summed E-state index contributed by atoms with van der Waals surface area (Å²) in [5, 5.41) is 3.21. The van der Waals surface area contributed by atoms with Crippen LogP contribution in [0.15, 0.2) is 24.3 Å². The van der Waals surface area contributed by atoms with Crippen LogP contribution < -0.4 is 5.32 Å². The van der Waals surface area contributed by atoms with Crippen LogP contribution in [0.3, 0.4) is 0 Å². The molecule has 1 nitrogen and oxygen atoms in total. The number of benzene rings is 1. The summed E-state index contributed by atoms with van der Waals surface area (Å²) in [5.74, 6) is 0. The molecule has 60 valence electrons. The van der Waals surface area contributed by atoms with E-state index in [2.05, 4.69) is 59.1 Å². The highest BCUT2D eigenvalue weighted by Crippen LogP contribution is 2.14. The highest BCUT2D eigenvalue weighted by Gasteiger charge is 2.00. The summed E-state index contributed by atoms with van der Waals surface area (Å²) in [6.07, 6.45) is 0. The van der Waals surface area contributed by atoms with Gasteiger partial charge in [-0.05, 0) is 54.3 Å². The summed E-state index contributed by atoms with van der Waals surface area (Å²) in [6.45, 7) is 2.16. The molecule has 0 aromatic heterocycles. The number of halogens is 1. The monoisotopic (exact) mass is 261 g/mol. The summed E-state index contributed by atoms with van der Waals surface area (Å²) in [6, 6.07) is 8.98. The van der Waals surface area contributed by atoms with Crippen LogP contribution >= 0.6 is 22.6 Å². The van der Waals surface area contributed by atoms with Gasteiger partial charge in [-0.25, -0.2) is 0 Å². The van der Waals surface area contributed by atoms with Crippen LogP contribution in [0.25, 0.3) is 0 Å². The van der Waals surface area contributed by atoms with Crippen molar-refractivity contribution in [2.45, 2.75) is 13.0 Å². The molecule has 1 aromatic carbocycles. The van der Waals surface area contributed by atoms with E-state index < -0.39 is 0 Å². The number of rotatable bonds is 2. The SMILES string of the molecule is CNC(C)c1cccc(I)c1. The van der Waals surface area contributed by atoms with Crippen molar-refractivity contribution in [1.29, 1.82) is 0 Å². The molecule has 0 aliphatic heterocycles. The molecule has 11 heavy (non-hydrogen) atoms. The molecule has 0 saturated carbocycles. The van der Waals surface area contributed by atoms with Crippen LogP contribution in [0.5, 0.6) is 0 Å². The van der Waals surface area contributed by atoms with Crippen LogP contribution in [0.4, 0.5) is 0 Å². The third-order valence-electron chi connectivity index (χ3n) is 1.78. The Morgan fingerprint density at radius 3 is 2.73 bits per heavy atom. The Morgan fingerprint density at radius 2 is 2.18 bits per heavy atom. The van der Waals surface area contributed by atoms with Gasteiger partial charge in [0.15, 0.2) is 0 Å². The fraction of sp³-hybridized carbons (Fsp3) is 0.333. The van der Waals surface area contributed by atoms with E-state index in [1.807, 2.05) is 7.05 Å². The molecule has 0 bridgehead atoms. The maximum Gasteiger partial charge on any atom is 0.0289 e. The molecule has 1 N–H and O–H groups in total. The van der Waals surface area contributed by atoms with Gasteiger partial charge >= 0.3 is 0 Å². The van der Waals surface area contributed by atoms with Gasteiger partial charge in [-0.3, -0.25) is 0 Å². The zero-order valence-electron chi connectivity index (χ0n) is 6.76. The first kappa shape index (κ1) is 9.00. The van der Waals surface area contributed by atoms with E-state index in [0.717, 1.165) is 0 Å². The van der Waals surface area contributed by atoms with E-state index in [4.69, 9.17) is 0 Å². The maximum absolute atomic E-state index is 3.21. The second kappa shape index (κ2) is 4.07. The molecule has 0 fully saturated rings. The van der Waals surface area contributed by atoms with Crippen LogP contribution in [-0.4, -0.2) is 7.05 Å². The molecule has 1 rings (SSSR count). The van der Waals surface area contributed by atoms with Gasteiger partial charge in [0, 0.05) is 9.61 Å². The van der Waals surface area contributed by atoms with Gasteiger partial charge in [-0.1, -0.05) is 12.1 Å². The lowest BCUT2D eigenvalue weighted by Gasteiger charge is -2.09. The molecule has 0 amide bonds. The number of hydrogen-bond acceptors (Lipinski definition) is 1. The molecule has 0 heterocycles. The predicted octanol–water partition coefficient (Wildman–Crippen LogP) is 2.57. The summed E-state index contributed by atoms with van der Waals surface area (Å²) in [4.78, 5) is 0. The van der Waals surface area contributed by atoms with E-state index >= 15 is 0 Å².